The smallest absolute Gasteiger partial charge is 0.162 e. The average Bonchev–Trinajstić information content (AvgIpc) is 2.90. The average molecular weight is 274 g/mol. The maximum atomic E-state index is 10.9. The van der Waals surface area contributed by atoms with Gasteiger partial charge in [0.05, 0.1) is 13.3 Å². The normalized spacial score (nSPS) is 13.2. The molecule has 0 radical (unpaired) electrons. The molecule has 0 aliphatic carbocycles. The standard InChI is InChI=1S/C16H22N2O2/c1-5-18-14(13(20-4)11-17-18)15(19)16(2,3)12-9-7-6-8-10-12/h6-11,15,19H,5H2,1-4H3. The van der Waals surface area contributed by atoms with E-state index in [1.54, 1.807) is 18.0 Å². The number of ether oxygens (including phenoxy) is 1. The summed E-state index contributed by atoms with van der Waals surface area (Å²) in [5.74, 6) is 0.628. The van der Waals surface area contributed by atoms with Gasteiger partial charge in [-0.3, -0.25) is 4.68 Å². The van der Waals surface area contributed by atoms with Crippen LogP contribution in [0.15, 0.2) is 36.5 Å². The van der Waals surface area contributed by atoms with Gasteiger partial charge in [0.2, 0.25) is 0 Å². The fourth-order valence-corrected chi connectivity index (χ4v) is 2.43. The molecule has 0 bridgehead atoms. The summed E-state index contributed by atoms with van der Waals surface area (Å²) in [7, 11) is 1.60. The van der Waals surface area contributed by atoms with Crippen LogP contribution in [0.4, 0.5) is 0 Å². The van der Waals surface area contributed by atoms with Crippen molar-refractivity contribution < 1.29 is 9.84 Å². The van der Waals surface area contributed by atoms with Gasteiger partial charge in [-0.15, -0.1) is 0 Å². The topological polar surface area (TPSA) is 47.3 Å². The third-order valence-corrected chi connectivity index (χ3v) is 3.82. The van der Waals surface area contributed by atoms with Gasteiger partial charge in [-0.2, -0.15) is 5.10 Å². The molecule has 0 fully saturated rings. The van der Waals surface area contributed by atoms with Crippen molar-refractivity contribution in [1.29, 1.82) is 0 Å². The van der Waals surface area contributed by atoms with Gasteiger partial charge < -0.3 is 9.84 Å². The Kier molecular flexibility index (Phi) is 4.14. The van der Waals surface area contributed by atoms with Crippen molar-refractivity contribution in [3.8, 4) is 5.75 Å². The van der Waals surface area contributed by atoms with Gasteiger partial charge in [0.1, 0.15) is 11.8 Å². The number of methoxy groups -OCH3 is 1. The molecule has 4 nitrogen and oxygen atoms in total. The van der Waals surface area contributed by atoms with Gasteiger partial charge in [-0.25, -0.2) is 0 Å². The van der Waals surface area contributed by atoms with Crippen molar-refractivity contribution >= 4 is 0 Å². The Hall–Kier alpha value is -1.81. The van der Waals surface area contributed by atoms with E-state index in [4.69, 9.17) is 4.74 Å². The Balaban J connectivity index is 2.45. The molecule has 20 heavy (non-hydrogen) atoms. The molecule has 4 heteroatoms. The summed E-state index contributed by atoms with van der Waals surface area (Å²) >= 11 is 0. The van der Waals surface area contributed by atoms with Crippen LogP contribution >= 0.6 is 0 Å². The Morgan fingerprint density at radius 3 is 2.50 bits per heavy atom. The summed E-state index contributed by atoms with van der Waals surface area (Å²) in [4.78, 5) is 0. The van der Waals surface area contributed by atoms with E-state index in [9.17, 15) is 5.11 Å². The summed E-state index contributed by atoms with van der Waals surface area (Å²) in [6.45, 7) is 6.75. The van der Waals surface area contributed by atoms with E-state index in [-0.39, 0.29) is 0 Å². The molecule has 1 unspecified atom stereocenters. The van der Waals surface area contributed by atoms with Gasteiger partial charge >= 0.3 is 0 Å². The second-order valence-electron chi connectivity index (χ2n) is 5.40. The predicted molar refractivity (Wildman–Crippen MR) is 78.9 cm³/mol. The van der Waals surface area contributed by atoms with Gasteiger partial charge in [0.15, 0.2) is 5.75 Å². The fraction of sp³-hybridized carbons (Fsp3) is 0.438. The van der Waals surface area contributed by atoms with Crippen LogP contribution < -0.4 is 4.74 Å². The molecular weight excluding hydrogens is 252 g/mol. The van der Waals surface area contributed by atoms with Crippen LogP contribution in [0, 0.1) is 0 Å². The zero-order valence-electron chi connectivity index (χ0n) is 12.5. The second kappa shape index (κ2) is 5.67. The number of aryl methyl sites for hydroxylation is 1. The minimum absolute atomic E-state index is 0.429. The van der Waals surface area contributed by atoms with E-state index >= 15 is 0 Å². The van der Waals surface area contributed by atoms with E-state index in [1.807, 2.05) is 51.1 Å². The molecule has 1 aromatic carbocycles. The molecule has 108 valence electrons. The third kappa shape index (κ3) is 2.43. The SMILES string of the molecule is CCn1ncc(OC)c1C(O)C(C)(C)c1ccccc1. The summed E-state index contributed by atoms with van der Waals surface area (Å²) in [5.41, 5.74) is 1.38. The molecule has 1 aromatic heterocycles. The Bertz CT molecular complexity index is 540. The van der Waals surface area contributed by atoms with Gasteiger partial charge in [0, 0.05) is 12.0 Å². The van der Waals surface area contributed by atoms with E-state index in [1.165, 1.54) is 0 Å². The molecule has 0 aliphatic rings. The molecule has 1 atom stereocenters. The minimum atomic E-state index is -0.692. The Morgan fingerprint density at radius 1 is 1.30 bits per heavy atom. The number of aliphatic hydroxyl groups excluding tert-OH is 1. The van der Waals surface area contributed by atoms with E-state index in [0.29, 0.717) is 12.3 Å². The molecule has 1 N–H and O–H groups in total. The highest BCUT2D eigenvalue weighted by molar-refractivity contribution is 5.34. The summed E-state index contributed by atoms with van der Waals surface area (Å²) in [6.07, 6.45) is 0.964. The van der Waals surface area contributed by atoms with Crippen molar-refractivity contribution in [3.63, 3.8) is 0 Å². The van der Waals surface area contributed by atoms with E-state index in [0.717, 1.165) is 11.3 Å². The van der Waals surface area contributed by atoms with Crippen LogP contribution in [0.25, 0.3) is 0 Å². The first kappa shape index (κ1) is 14.6. The van der Waals surface area contributed by atoms with Crippen LogP contribution in [-0.2, 0) is 12.0 Å². The number of rotatable bonds is 5. The van der Waals surface area contributed by atoms with Crippen LogP contribution in [0.5, 0.6) is 5.75 Å². The maximum Gasteiger partial charge on any atom is 0.162 e. The lowest BCUT2D eigenvalue weighted by atomic mass is 9.78. The first-order valence-electron chi connectivity index (χ1n) is 6.85. The number of hydrogen-bond donors (Lipinski definition) is 1. The van der Waals surface area contributed by atoms with Crippen molar-refractivity contribution in [2.45, 2.75) is 38.8 Å². The zero-order valence-corrected chi connectivity index (χ0v) is 12.5. The van der Waals surface area contributed by atoms with Crippen molar-refractivity contribution in [2.75, 3.05) is 7.11 Å². The van der Waals surface area contributed by atoms with E-state index in [2.05, 4.69) is 5.10 Å². The summed E-state index contributed by atoms with van der Waals surface area (Å²) in [5, 5.41) is 15.1. The number of benzene rings is 1. The summed E-state index contributed by atoms with van der Waals surface area (Å²) in [6, 6.07) is 10.0. The molecule has 0 amide bonds. The number of hydrogen-bond acceptors (Lipinski definition) is 3. The van der Waals surface area contributed by atoms with Gasteiger partial charge in [-0.1, -0.05) is 44.2 Å². The molecule has 2 aromatic rings. The zero-order chi connectivity index (χ0) is 14.8. The third-order valence-electron chi connectivity index (χ3n) is 3.82. The highest BCUT2D eigenvalue weighted by atomic mass is 16.5. The van der Waals surface area contributed by atoms with Crippen molar-refractivity contribution in [2.24, 2.45) is 0 Å². The van der Waals surface area contributed by atoms with Gasteiger partial charge in [0.25, 0.3) is 0 Å². The molecular formula is C16H22N2O2. The number of aliphatic hydroxyl groups is 1. The van der Waals surface area contributed by atoms with Crippen molar-refractivity contribution in [3.05, 3.63) is 47.8 Å². The van der Waals surface area contributed by atoms with Crippen LogP contribution in [0.3, 0.4) is 0 Å². The largest absolute Gasteiger partial charge is 0.493 e. The second-order valence-corrected chi connectivity index (χ2v) is 5.40. The lowest BCUT2D eigenvalue weighted by Crippen LogP contribution is -2.29. The monoisotopic (exact) mass is 274 g/mol. The fourth-order valence-electron chi connectivity index (χ4n) is 2.43. The Morgan fingerprint density at radius 2 is 1.95 bits per heavy atom. The predicted octanol–water partition coefficient (Wildman–Crippen LogP) is 2.92. The first-order chi connectivity index (χ1) is 9.52. The lowest BCUT2D eigenvalue weighted by molar-refractivity contribution is 0.0885. The first-order valence-corrected chi connectivity index (χ1v) is 6.85. The molecule has 0 spiro atoms. The van der Waals surface area contributed by atoms with Crippen LogP contribution in [0.2, 0.25) is 0 Å². The molecule has 1 heterocycles. The molecule has 0 saturated carbocycles. The molecule has 0 saturated heterocycles. The van der Waals surface area contributed by atoms with Crippen LogP contribution in [-0.4, -0.2) is 22.0 Å². The highest BCUT2D eigenvalue weighted by Crippen LogP contribution is 2.40. The van der Waals surface area contributed by atoms with E-state index < -0.39 is 11.5 Å². The lowest BCUT2D eigenvalue weighted by Gasteiger charge is -2.31. The molecule has 2 rings (SSSR count). The quantitative estimate of drug-likeness (QED) is 0.912. The maximum absolute atomic E-state index is 10.9. The number of aromatic nitrogens is 2. The summed E-state index contributed by atoms with van der Waals surface area (Å²) < 4.78 is 7.12. The number of nitrogens with zero attached hydrogens (tertiary/aromatic N) is 2. The highest BCUT2D eigenvalue weighted by Gasteiger charge is 2.35. The molecule has 0 aliphatic heterocycles. The Labute approximate surface area is 120 Å². The van der Waals surface area contributed by atoms with Crippen LogP contribution in [0.1, 0.15) is 38.1 Å². The van der Waals surface area contributed by atoms with Gasteiger partial charge in [-0.05, 0) is 12.5 Å². The van der Waals surface area contributed by atoms with Crippen molar-refractivity contribution in [1.82, 2.24) is 9.78 Å². The minimum Gasteiger partial charge on any atom is -0.493 e.